The van der Waals surface area contributed by atoms with Crippen LogP contribution in [0.5, 0.6) is 0 Å². The minimum Gasteiger partial charge on any atom is -0.465 e. The van der Waals surface area contributed by atoms with Crippen molar-refractivity contribution in [3.63, 3.8) is 0 Å². The lowest BCUT2D eigenvalue weighted by Crippen LogP contribution is -2.28. The third-order valence-electron chi connectivity index (χ3n) is 3.11. The highest BCUT2D eigenvalue weighted by molar-refractivity contribution is 5.20. The molecule has 1 aromatic heterocycles. The Bertz CT molecular complexity index is 402. The monoisotopic (exact) mass is 280 g/mol. The highest BCUT2D eigenvalue weighted by Crippen LogP contribution is 2.19. The zero-order valence-corrected chi connectivity index (χ0v) is 14.3. The van der Waals surface area contributed by atoms with E-state index in [1.165, 1.54) is 5.56 Å². The Labute approximate surface area is 124 Å². The Balaban J connectivity index is 2.52. The fourth-order valence-electron chi connectivity index (χ4n) is 2.47. The molecule has 116 valence electrons. The molecule has 0 saturated carbocycles. The molecule has 3 heteroatoms. The van der Waals surface area contributed by atoms with Crippen LogP contribution in [0.3, 0.4) is 0 Å². The molecule has 0 bridgehead atoms. The second-order valence-electron chi connectivity index (χ2n) is 7.55. The van der Waals surface area contributed by atoms with Crippen molar-refractivity contribution in [2.75, 3.05) is 20.1 Å². The number of nitrogens with zero attached hydrogens (tertiary/aromatic N) is 1. The Hall–Kier alpha value is -0.800. The van der Waals surface area contributed by atoms with Crippen molar-refractivity contribution in [3.05, 3.63) is 23.2 Å². The lowest BCUT2D eigenvalue weighted by Gasteiger charge is -2.25. The summed E-state index contributed by atoms with van der Waals surface area (Å²) in [7, 11) is 2.15. The Morgan fingerprint density at radius 1 is 1.30 bits per heavy atom. The normalized spacial score (nSPS) is 12.7. The molecule has 0 spiro atoms. The van der Waals surface area contributed by atoms with Crippen LogP contribution in [0.4, 0.5) is 0 Å². The van der Waals surface area contributed by atoms with E-state index in [0.29, 0.717) is 11.3 Å². The zero-order valence-electron chi connectivity index (χ0n) is 14.3. The van der Waals surface area contributed by atoms with Gasteiger partial charge in [-0.05, 0) is 37.9 Å². The molecule has 0 aliphatic rings. The van der Waals surface area contributed by atoms with Crippen molar-refractivity contribution in [1.29, 1.82) is 0 Å². The molecule has 1 N–H and O–H groups in total. The lowest BCUT2D eigenvalue weighted by molar-refractivity contribution is 0.207. The van der Waals surface area contributed by atoms with Crippen LogP contribution in [0.1, 0.15) is 51.7 Å². The second kappa shape index (κ2) is 7.28. The van der Waals surface area contributed by atoms with Crippen LogP contribution in [0.25, 0.3) is 0 Å². The SMILES string of the molecule is Cc1oc(CN(C)CC(C)(C)C)cc1CNCC(C)C. The number of furan rings is 1. The summed E-state index contributed by atoms with van der Waals surface area (Å²) in [6, 6.07) is 2.20. The molecular weight excluding hydrogens is 248 g/mol. The maximum Gasteiger partial charge on any atom is 0.118 e. The van der Waals surface area contributed by atoms with E-state index in [-0.39, 0.29) is 0 Å². The van der Waals surface area contributed by atoms with Gasteiger partial charge in [-0.25, -0.2) is 0 Å². The number of rotatable bonds is 7. The molecule has 0 aromatic carbocycles. The van der Waals surface area contributed by atoms with Crippen LogP contribution in [-0.2, 0) is 13.1 Å². The summed E-state index contributed by atoms with van der Waals surface area (Å²) in [5.74, 6) is 2.79. The van der Waals surface area contributed by atoms with Crippen molar-refractivity contribution in [2.45, 2.75) is 54.6 Å². The summed E-state index contributed by atoms with van der Waals surface area (Å²) in [5, 5.41) is 3.47. The van der Waals surface area contributed by atoms with Crippen molar-refractivity contribution in [2.24, 2.45) is 11.3 Å². The fraction of sp³-hybridized carbons (Fsp3) is 0.765. The number of aryl methyl sites for hydroxylation is 1. The molecule has 0 unspecified atom stereocenters. The Kier molecular flexibility index (Phi) is 6.28. The molecule has 0 saturated heterocycles. The molecule has 3 nitrogen and oxygen atoms in total. The van der Waals surface area contributed by atoms with E-state index in [2.05, 4.69) is 64.9 Å². The first-order valence-corrected chi connectivity index (χ1v) is 7.65. The summed E-state index contributed by atoms with van der Waals surface area (Å²) < 4.78 is 5.88. The third kappa shape index (κ3) is 6.58. The molecular formula is C17H32N2O. The van der Waals surface area contributed by atoms with Gasteiger partial charge in [-0.2, -0.15) is 0 Å². The maximum absolute atomic E-state index is 5.88. The van der Waals surface area contributed by atoms with E-state index >= 15 is 0 Å². The average Bonchev–Trinajstić information content (AvgIpc) is 2.55. The molecule has 20 heavy (non-hydrogen) atoms. The van der Waals surface area contributed by atoms with Gasteiger partial charge in [-0.15, -0.1) is 0 Å². The highest BCUT2D eigenvalue weighted by Gasteiger charge is 2.15. The first-order valence-electron chi connectivity index (χ1n) is 7.65. The van der Waals surface area contributed by atoms with E-state index in [9.17, 15) is 0 Å². The van der Waals surface area contributed by atoms with Crippen molar-refractivity contribution < 1.29 is 4.42 Å². The molecule has 1 heterocycles. The minimum absolute atomic E-state index is 0.317. The highest BCUT2D eigenvalue weighted by atomic mass is 16.3. The van der Waals surface area contributed by atoms with Gasteiger partial charge >= 0.3 is 0 Å². The maximum atomic E-state index is 5.88. The van der Waals surface area contributed by atoms with E-state index < -0.39 is 0 Å². The minimum atomic E-state index is 0.317. The van der Waals surface area contributed by atoms with Crippen LogP contribution < -0.4 is 5.32 Å². The molecule has 0 radical (unpaired) electrons. The number of hydrogen-bond acceptors (Lipinski definition) is 3. The topological polar surface area (TPSA) is 28.4 Å². The molecule has 0 aliphatic carbocycles. The third-order valence-corrected chi connectivity index (χ3v) is 3.11. The van der Waals surface area contributed by atoms with Crippen LogP contribution in [0.2, 0.25) is 0 Å². The van der Waals surface area contributed by atoms with Gasteiger partial charge in [0.05, 0.1) is 6.54 Å². The Morgan fingerprint density at radius 2 is 1.95 bits per heavy atom. The van der Waals surface area contributed by atoms with Gasteiger partial charge in [0.15, 0.2) is 0 Å². The molecule has 0 fully saturated rings. The second-order valence-corrected chi connectivity index (χ2v) is 7.55. The molecule has 0 amide bonds. The van der Waals surface area contributed by atoms with Crippen molar-refractivity contribution in [3.8, 4) is 0 Å². The van der Waals surface area contributed by atoms with E-state index in [1.54, 1.807) is 0 Å². The molecule has 1 rings (SSSR count). The Morgan fingerprint density at radius 3 is 2.50 bits per heavy atom. The van der Waals surface area contributed by atoms with E-state index in [1.807, 2.05) is 0 Å². The largest absolute Gasteiger partial charge is 0.465 e. The first-order chi connectivity index (χ1) is 9.17. The predicted molar refractivity (Wildman–Crippen MR) is 85.8 cm³/mol. The summed E-state index contributed by atoms with van der Waals surface area (Å²) in [6.45, 7) is 17.2. The van der Waals surface area contributed by atoms with Crippen molar-refractivity contribution >= 4 is 0 Å². The van der Waals surface area contributed by atoms with E-state index in [0.717, 1.165) is 37.7 Å². The van der Waals surface area contributed by atoms with Gasteiger partial charge < -0.3 is 9.73 Å². The summed E-state index contributed by atoms with van der Waals surface area (Å²) in [4.78, 5) is 2.32. The van der Waals surface area contributed by atoms with Gasteiger partial charge in [0, 0.05) is 18.7 Å². The van der Waals surface area contributed by atoms with Crippen molar-refractivity contribution in [1.82, 2.24) is 10.2 Å². The smallest absolute Gasteiger partial charge is 0.118 e. The van der Waals surface area contributed by atoms with Gasteiger partial charge in [0.1, 0.15) is 11.5 Å². The van der Waals surface area contributed by atoms with Gasteiger partial charge in [-0.1, -0.05) is 34.6 Å². The van der Waals surface area contributed by atoms with Crippen LogP contribution in [0.15, 0.2) is 10.5 Å². The number of nitrogens with one attached hydrogen (secondary N) is 1. The first kappa shape index (κ1) is 17.3. The van der Waals surface area contributed by atoms with Gasteiger partial charge in [-0.3, -0.25) is 4.90 Å². The van der Waals surface area contributed by atoms with Gasteiger partial charge in [0.25, 0.3) is 0 Å². The van der Waals surface area contributed by atoms with Crippen LogP contribution in [0, 0.1) is 18.3 Å². The van der Waals surface area contributed by atoms with Crippen LogP contribution in [-0.4, -0.2) is 25.0 Å². The lowest BCUT2D eigenvalue weighted by atomic mass is 9.96. The van der Waals surface area contributed by atoms with E-state index in [4.69, 9.17) is 4.42 Å². The standard InChI is InChI=1S/C17H32N2O/c1-13(2)9-18-10-15-8-16(20-14(15)3)11-19(7)12-17(4,5)6/h8,13,18H,9-12H2,1-7H3. The summed E-state index contributed by atoms with van der Waals surface area (Å²) >= 11 is 0. The number of hydrogen-bond donors (Lipinski definition) is 1. The summed E-state index contributed by atoms with van der Waals surface area (Å²) in [6.07, 6.45) is 0. The average molecular weight is 280 g/mol. The molecule has 0 atom stereocenters. The van der Waals surface area contributed by atoms with Gasteiger partial charge in [0.2, 0.25) is 0 Å². The summed E-state index contributed by atoms with van der Waals surface area (Å²) in [5.41, 5.74) is 1.60. The molecule has 0 aliphatic heterocycles. The van der Waals surface area contributed by atoms with Crippen LogP contribution >= 0.6 is 0 Å². The fourth-order valence-corrected chi connectivity index (χ4v) is 2.47. The predicted octanol–water partition coefficient (Wildman–Crippen LogP) is 3.81. The zero-order chi connectivity index (χ0) is 15.3. The molecule has 1 aromatic rings. The quantitative estimate of drug-likeness (QED) is 0.823.